The number of pyridine rings is 1. The summed E-state index contributed by atoms with van der Waals surface area (Å²) in [4.78, 5) is 25.1. The lowest BCUT2D eigenvalue weighted by Crippen LogP contribution is -2.32. The second-order valence-corrected chi connectivity index (χ2v) is 4.22. The summed E-state index contributed by atoms with van der Waals surface area (Å²) in [6.07, 6.45) is 2.76. The largest absolute Gasteiger partial charge is 0.480 e. The summed E-state index contributed by atoms with van der Waals surface area (Å²) >= 11 is 0. The van der Waals surface area contributed by atoms with Crippen molar-refractivity contribution in [3.05, 3.63) is 27.9 Å². The van der Waals surface area contributed by atoms with Crippen LogP contribution in [-0.4, -0.2) is 27.0 Å². The van der Waals surface area contributed by atoms with Gasteiger partial charge in [0, 0.05) is 6.20 Å². The molecule has 0 amide bonds. The molecule has 1 heterocycles. The maximum absolute atomic E-state index is 11.1. The lowest BCUT2D eigenvalue weighted by Gasteiger charge is -2.14. The van der Waals surface area contributed by atoms with Crippen LogP contribution in [-0.2, 0) is 4.79 Å². The molecule has 98 valence electrons. The zero-order chi connectivity index (χ0) is 14.0. The highest BCUT2D eigenvalue weighted by molar-refractivity contribution is 5.79. The Hall–Kier alpha value is -2.69. The van der Waals surface area contributed by atoms with Crippen LogP contribution in [0.4, 0.5) is 11.5 Å². The number of nitro groups is 1. The summed E-state index contributed by atoms with van der Waals surface area (Å²) in [6, 6.07) is 2.00. The van der Waals surface area contributed by atoms with Gasteiger partial charge in [-0.05, 0) is 24.8 Å². The minimum absolute atomic E-state index is 0.0513. The van der Waals surface area contributed by atoms with Crippen molar-refractivity contribution < 1.29 is 14.8 Å². The highest BCUT2D eigenvalue weighted by Crippen LogP contribution is 2.36. The third-order valence-corrected chi connectivity index (χ3v) is 2.88. The van der Waals surface area contributed by atoms with E-state index in [1.807, 2.05) is 0 Å². The molecule has 8 nitrogen and oxygen atoms in total. The summed E-state index contributed by atoms with van der Waals surface area (Å²) < 4.78 is 0. The third kappa shape index (κ3) is 2.60. The number of carbonyl (C=O) groups is 1. The van der Waals surface area contributed by atoms with Crippen LogP contribution in [0.5, 0.6) is 0 Å². The molecule has 2 N–H and O–H groups in total. The number of anilines is 1. The van der Waals surface area contributed by atoms with Gasteiger partial charge in [-0.3, -0.25) is 10.1 Å². The van der Waals surface area contributed by atoms with Gasteiger partial charge in [-0.15, -0.1) is 0 Å². The molecule has 0 aliphatic heterocycles. The van der Waals surface area contributed by atoms with Crippen molar-refractivity contribution in [2.45, 2.75) is 18.9 Å². The monoisotopic (exact) mass is 262 g/mol. The fourth-order valence-electron chi connectivity index (χ4n) is 1.79. The van der Waals surface area contributed by atoms with Crippen LogP contribution >= 0.6 is 0 Å². The molecule has 1 saturated carbocycles. The average Bonchev–Trinajstić information content (AvgIpc) is 3.18. The summed E-state index contributed by atoms with van der Waals surface area (Å²) in [7, 11) is 0. The smallest absolute Gasteiger partial charge is 0.328 e. The van der Waals surface area contributed by atoms with Crippen molar-refractivity contribution >= 4 is 17.5 Å². The number of hydrogen-bond donors (Lipinski definition) is 2. The fourth-order valence-corrected chi connectivity index (χ4v) is 1.79. The van der Waals surface area contributed by atoms with Crippen LogP contribution < -0.4 is 5.32 Å². The lowest BCUT2D eigenvalue weighted by atomic mass is 10.1. The Bertz CT molecular complexity index is 577. The maximum Gasteiger partial charge on any atom is 0.328 e. The van der Waals surface area contributed by atoms with Gasteiger partial charge >= 0.3 is 11.7 Å². The van der Waals surface area contributed by atoms with E-state index in [4.69, 9.17) is 10.4 Å². The van der Waals surface area contributed by atoms with E-state index >= 15 is 0 Å². The molecule has 1 atom stereocenters. The summed E-state index contributed by atoms with van der Waals surface area (Å²) in [6.45, 7) is 0. The first-order valence-electron chi connectivity index (χ1n) is 5.57. The number of carboxylic acids is 1. The van der Waals surface area contributed by atoms with Crippen molar-refractivity contribution in [1.29, 1.82) is 5.26 Å². The van der Waals surface area contributed by atoms with Crippen LogP contribution in [0, 0.1) is 27.4 Å². The SMILES string of the molecule is N#Cc1ccnc(NC(C(=O)O)C2CC2)c1[N+](=O)[O-]. The van der Waals surface area contributed by atoms with E-state index in [1.54, 1.807) is 6.07 Å². The standard InChI is InChI=1S/C11H10N4O4/c12-5-7-3-4-13-10(9(7)15(18)19)14-8(11(16)17)6-1-2-6/h3-4,6,8H,1-2H2,(H,13,14)(H,16,17). The second kappa shape index (κ2) is 4.89. The van der Waals surface area contributed by atoms with Gasteiger partial charge in [-0.1, -0.05) is 0 Å². The molecule has 1 unspecified atom stereocenters. The highest BCUT2D eigenvalue weighted by Gasteiger charge is 2.38. The van der Waals surface area contributed by atoms with E-state index in [-0.39, 0.29) is 17.3 Å². The molecule has 0 spiro atoms. The first kappa shape index (κ1) is 12.8. The van der Waals surface area contributed by atoms with Crippen LogP contribution in [0.2, 0.25) is 0 Å². The van der Waals surface area contributed by atoms with Crippen LogP contribution in [0.25, 0.3) is 0 Å². The Morgan fingerprint density at radius 1 is 1.68 bits per heavy atom. The molecular formula is C11H10N4O4. The summed E-state index contributed by atoms with van der Waals surface area (Å²) in [5.41, 5.74) is -0.640. The second-order valence-electron chi connectivity index (χ2n) is 4.22. The highest BCUT2D eigenvalue weighted by atomic mass is 16.6. The Morgan fingerprint density at radius 3 is 2.84 bits per heavy atom. The van der Waals surface area contributed by atoms with Gasteiger partial charge in [0.2, 0.25) is 5.82 Å². The fraction of sp³-hybridized carbons (Fsp3) is 0.364. The Morgan fingerprint density at radius 2 is 2.37 bits per heavy atom. The minimum Gasteiger partial charge on any atom is -0.480 e. The first-order valence-corrected chi connectivity index (χ1v) is 5.57. The number of rotatable bonds is 5. The Balaban J connectivity index is 2.36. The number of carboxylic acid groups (broad SMARTS) is 1. The molecule has 1 fully saturated rings. The third-order valence-electron chi connectivity index (χ3n) is 2.88. The predicted octanol–water partition coefficient (Wildman–Crippen LogP) is 1.14. The van der Waals surface area contributed by atoms with Gasteiger partial charge in [0.1, 0.15) is 17.7 Å². The molecule has 2 rings (SSSR count). The van der Waals surface area contributed by atoms with Gasteiger partial charge in [-0.2, -0.15) is 5.26 Å². The molecule has 0 saturated heterocycles. The number of nitrogens with one attached hydrogen (secondary N) is 1. The molecular weight excluding hydrogens is 252 g/mol. The Kier molecular flexibility index (Phi) is 3.29. The zero-order valence-electron chi connectivity index (χ0n) is 9.74. The van der Waals surface area contributed by atoms with E-state index in [9.17, 15) is 14.9 Å². The molecule has 0 radical (unpaired) electrons. The topological polar surface area (TPSA) is 129 Å². The molecule has 19 heavy (non-hydrogen) atoms. The van der Waals surface area contributed by atoms with Gasteiger partial charge in [0.15, 0.2) is 0 Å². The first-order chi connectivity index (χ1) is 9.04. The quantitative estimate of drug-likeness (QED) is 0.601. The lowest BCUT2D eigenvalue weighted by molar-refractivity contribution is -0.384. The molecule has 0 aromatic carbocycles. The van der Waals surface area contributed by atoms with E-state index in [0.29, 0.717) is 0 Å². The minimum atomic E-state index is -1.08. The molecule has 8 heteroatoms. The van der Waals surface area contributed by atoms with Crippen molar-refractivity contribution in [1.82, 2.24) is 4.98 Å². The number of hydrogen-bond acceptors (Lipinski definition) is 6. The number of aromatic nitrogens is 1. The number of nitrogens with zero attached hydrogens (tertiary/aromatic N) is 3. The maximum atomic E-state index is 11.1. The van der Waals surface area contributed by atoms with Crippen molar-refractivity contribution in [2.24, 2.45) is 5.92 Å². The number of nitriles is 1. The van der Waals surface area contributed by atoms with Crippen molar-refractivity contribution in [3.8, 4) is 6.07 Å². The molecule has 1 aliphatic rings. The summed E-state index contributed by atoms with van der Waals surface area (Å²) in [5, 5.41) is 31.4. The van der Waals surface area contributed by atoms with Gasteiger partial charge in [0.25, 0.3) is 0 Å². The van der Waals surface area contributed by atoms with E-state index in [1.165, 1.54) is 12.3 Å². The van der Waals surface area contributed by atoms with Gasteiger partial charge < -0.3 is 10.4 Å². The van der Waals surface area contributed by atoms with Crippen LogP contribution in [0.15, 0.2) is 12.3 Å². The van der Waals surface area contributed by atoms with Crippen molar-refractivity contribution in [2.75, 3.05) is 5.32 Å². The molecule has 0 bridgehead atoms. The Labute approximate surface area is 107 Å². The summed E-state index contributed by atoms with van der Waals surface area (Å²) in [5.74, 6) is -1.31. The van der Waals surface area contributed by atoms with Crippen LogP contribution in [0.1, 0.15) is 18.4 Å². The average molecular weight is 262 g/mol. The van der Waals surface area contributed by atoms with E-state index < -0.39 is 22.6 Å². The molecule has 1 aliphatic carbocycles. The molecule has 1 aromatic rings. The number of aliphatic carboxylic acids is 1. The predicted molar refractivity (Wildman–Crippen MR) is 63.4 cm³/mol. The zero-order valence-corrected chi connectivity index (χ0v) is 9.74. The molecule has 1 aromatic heterocycles. The van der Waals surface area contributed by atoms with E-state index in [2.05, 4.69) is 10.3 Å². The van der Waals surface area contributed by atoms with E-state index in [0.717, 1.165) is 12.8 Å². The normalized spacial score (nSPS) is 15.3. The van der Waals surface area contributed by atoms with Crippen LogP contribution in [0.3, 0.4) is 0 Å². The van der Waals surface area contributed by atoms with Crippen molar-refractivity contribution in [3.63, 3.8) is 0 Å². The van der Waals surface area contributed by atoms with Gasteiger partial charge in [0.05, 0.1) is 4.92 Å². The van der Waals surface area contributed by atoms with Gasteiger partial charge in [-0.25, -0.2) is 9.78 Å².